The van der Waals surface area contributed by atoms with E-state index >= 15 is 0 Å². The van der Waals surface area contributed by atoms with E-state index in [1.54, 1.807) is 0 Å². The molecule has 3 heteroatoms. The third-order valence-electron chi connectivity index (χ3n) is 2.60. The van der Waals surface area contributed by atoms with Gasteiger partial charge in [-0.2, -0.15) is 0 Å². The molecule has 0 saturated heterocycles. The van der Waals surface area contributed by atoms with Crippen LogP contribution >= 0.6 is 0 Å². The minimum absolute atomic E-state index is 0. The van der Waals surface area contributed by atoms with Crippen molar-refractivity contribution in [3.63, 3.8) is 0 Å². The van der Waals surface area contributed by atoms with Crippen LogP contribution in [-0.2, 0) is 0 Å². The van der Waals surface area contributed by atoms with E-state index in [9.17, 15) is 0 Å². The van der Waals surface area contributed by atoms with Crippen molar-refractivity contribution in [3.8, 4) is 0 Å². The van der Waals surface area contributed by atoms with Gasteiger partial charge in [-0.25, -0.2) is 0 Å². The SMILES string of the molecule is CCCCCCCCCCCC[NH3+].[I-].[Sn]. The van der Waals surface area contributed by atoms with E-state index in [-0.39, 0.29) is 47.9 Å². The molecule has 0 heterocycles. The molecule has 0 fully saturated rings. The Morgan fingerprint density at radius 2 is 1.00 bits per heavy atom. The van der Waals surface area contributed by atoms with Gasteiger partial charge in [0.05, 0.1) is 6.54 Å². The Morgan fingerprint density at radius 3 is 1.33 bits per heavy atom. The maximum absolute atomic E-state index is 3.85. The van der Waals surface area contributed by atoms with Gasteiger partial charge >= 0.3 is 0 Å². The van der Waals surface area contributed by atoms with Gasteiger partial charge in [-0.3, -0.25) is 0 Å². The molecule has 4 radical (unpaired) electrons. The minimum Gasteiger partial charge on any atom is -1.00 e. The van der Waals surface area contributed by atoms with Gasteiger partial charge in [0, 0.05) is 23.9 Å². The summed E-state index contributed by atoms with van der Waals surface area (Å²) in [5.74, 6) is 0. The summed E-state index contributed by atoms with van der Waals surface area (Å²) in [4.78, 5) is 0. The molecule has 0 bridgehead atoms. The first-order valence-corrected chi connectivity index (χ1v) is 6.21. The van der Waals surface area contributed by atoms with Crippen LogP contribution in [0.5, 0.6) is 0 Å². The van der Waals surface area contributed by atoms with Crippen molar-refractivity contribution in [1.29, 1.82) is 0 Å². The Bertz CT molecular complexity index is 81.7. The van der Waals surface area contributed by atoms with Crippen molar-refractivity contribution in [3.05, 3.63) is 0 Å². The summed E-state index contributed by atoms with van der Waals surface area (Å²) in [7, 11) is 0. The van der Waals surface area contributed by atoms with Crippen molar-refractivity contribution in [2.75, 3.05) is 6.54 Å². The van der Waals surface area contributed by atoms with Gasteiger partial charge in [-0.1, -0.05) is 58.3 Å². The molecular formula is C12H28INSn. The summed E-state index contributed by atoms with van der Waals surface area (Å²) < 4.78 is 0. The van der Waals surface area contributed by atoms with Crippen LogP contribution in [0.15, 0.2) is 0 Å². The third-order valence-corrected chi connectivity index (χ3v) is 2.60. The van der Waals surface area contributed by atoms with Crippen molar-refractivity contribution in [2.45, 2.75) is 71.1 Å². The number of hydrogen-bond donors (Lipinski definition) is 1. The number of hydrogen-bond acceptors (Lipinski definition) is 0. The zero-order chi connectivity index (χ0) is 9.78. The molecule has 0 unspecified atom stereocenters. The summed E-state index contributed by atoms with van der Waals surface area (Å²) in [6, 6.07) is 0. The van der Waals surface area contributed by atoms with Gasteiger partial charge < -0.3 is 29.7 Å². The molecule has 0 rings (SSSR count). The molecule has 15 heavy (non-hydrogen) atoms. The van der Waals surface area contributed by atoms with Crippen LogP contribution in [0.2, 0.25) is 0 Å². The summed E-state index contributed by atoms with van der Waals surface area (Å²) in [6.45, 7) is 3.40. The van der Waals surface area contributed by atoms with E-state index in [4.69, 9.17) is 0 Å². The molecule has 0 aliphatic heterocycles. The van der Waals surface area contributed by atoms with Crippen LogP contribution < -0.4 is 29.7 Å². The van der Waals surface area contributed by atoms with Crippen LogP contribution in [0.25, 0.3) is 0 Å². The number of unbranched alkanes of at least 4 members (excludes halogenated alkanes) is 9. The second-order valence-corrected chi connectivity index (χ2v) is 4.04. The number of halogens is 1. The average Bonchev–Trinajstić information content (AvgIpc) is 2.16. The van der Waals surface area contributed by atoms with E-state index in [2.05, 4.69) is 12.7 Å². The van der Waals surface area contributed by atoms with Crippen LogP contribution in [0.1, 0.15) is 71.1 Å². The third kappa shape index (κ3) is 21.4. The van der Waals surface area contributed by atoms with E-state index in [0.29, 0.717) is 0 Å². The molecule has 0 saturated carbocycles. The molecule has 92 valence electrons. The van der Waals surface area contributed by atoms with Gasteiger partial charge in [-0.15, -0.1) is 0 Å². The Hall–Kier alpha value is 1.49. The van der Waals surface area contributed by atoms with Crippen molar-refractivity contribution in [2.24, 2.45) is 0 Å². The fourth-order valence-corrected chi connectivity index (χ4v) is 1.66. The fraction of sp³-hybridized carbons (Fsp3) is 1.00. The van der Waals surface area contributed by atoms with Crippen molar-refractivity contribution >= 4 is 23.9 Å². The zero-order valence-electron chi connectivity index (χ0n) is 10.4. The quantitative estimate of drug-likeness (QED) is 0.281. The molecule has 3 N–H and O–H groups in total. The standard InChI is InChI=1S/C12H27N.HI.Sn/c1-2-3-4-5-6-7-8-9-10-11-12-13;;/h2-13H2,1H3;1H;. The Kier molecular flexibility index (Phi) is 30.2. The molecule has 0 spiro atoms. The summed E-state index contributed by atoms with van der Waals surface area (Å²) in [6.07, 6.45) is 14.2. The average molecular weight is 432 g/mol. The Labute approximate surface area is 130 Å². The monoisotopic (exact) mass is 433 g/mol. The first-order valence-electron chi connectivity index (χ1n) is 6.21. The van der Waals surface area contributed by atoms with Crippen LogP contribution in [0.3, 0.4) is 0 Å². The van der Waals surface area contributed by atoms with E-state index in [1.807, 2.05) is 0 Å². The molecule has 0 atom stereocenters. The van der Waals surface area contributed by atoms with Crippen molar-refractivity contribution < 1.29 is 29.7 Å². The summed E-state index contributed by atoms with van der Waals surface area (Å²) in [5, 5.41) is 0. The topological polar surface area (TPSA) is 27.6 Å². The molecule has 0 aromatic carbocycles. The van der Waals surface area contributed by atoms with E-state index in [1.165, 1.54) is 64.2 Å². The normalized spacial score (nSPS) is 9.20. The minimum atomic E-state index is 0. The molecule has 0 aliphatic carbocycles. The maximum Gasteiger partial charge on any atom is 0.0739 e. The number of rotatable bonds is 10. The van der Waals surface area contributed by atoms with Crippen LogP contribution in [-0.4, -0.2) is 30.5 Å². The largest absolute Gasteiger partial charge is 1.00 e. The smallest absolute Gasteiger partial charge is 0.0739 e. The second-order valence-electron chi connectivity index (χ2n) is 4.04. The van der Waals surface area contributed by atoms with Crippen LogP contribution in [0.4, 0.5) is 0 Å². The van der Waals surface area contributed by atoms with Gasteiger partial charge in [-0.05, 0) is 12.8 Å². The molecule has 0 amide bonds. The predicted molar refractivity (Wildman–Crippen MR) is 65.4 cm³/mol. The van der Waals surface area contributed by atoms with Crippen molar-refractivity contribution in [1.82, 2.24) is 0 Å². The molecule has 0 aromatic rings. The second kappa shape index (κ2) is 20.8. The first kappa shape index (κ1) is 21.7. The summed E-state index contributed by atoms with van der Waals surface area (Å²) >= 11 is 0. The fourth-order valence-electron chi connectivity index (χ4n) is 1.66. The Morgan fingerprint density at radius 1 is 0.667 bits per heavy atom. The molecule has 0 aliphatic rings. The molecular weight excluding hydrogens is 404 g/mol. The maximum atomic E-state index is 3.85. The predicted octanol–water partition coefficient (Wildman–Crippen LogP) is -0.228. The molecule has 1 nitrogen and oxygen atoms in total. The first-order chi connectivity index (χ1) is 6.41. The van der Waals surface area contributed by atoms with Gasteiger partial charge in [0.1, 0.15) is 0 Å². The van der Waals surface area contributed by atoms with Crippen LogP contribution in [0, 0.1) is 0 Å². The van der Waals surface area contributed by atoms with Gasteiger partial charge in [0.15, 0.2) is 0 Å². The molecule has 0 aromatic heterocycles. The Balaban J connectivity index is -0.000000720. The summed E-state index contributed by atoms with van der Waals surface area (Å²) in [5.41, 5.74) is 3.85. The number of quaternary nitrogens is 1. The zero-order valence-corrected chi connectivity index (χ0v) is 15.4. The van der Waals surface area contributed by atoms with E-state index in [0.717, 1.165) is 6.54 Å². The van der Waals surface area contributed by atoms with Gasteiger partial charge in [0.25, 0.3) is 0 Å². The van der Waals surface area contributed by atoms with Gasteiger partial charge in [0.2, 0.25) is 0 Å². The van der Waals surface area contributed by atoms with E-state index < -0.39 is 0 Å².